The van der Waals surface area contributed by atoms with Crippen LogP contribution in [0.15, 0.2) is 36.1 Å². The molecule has 0 aromatic heterocycles. The first-order valence-electron chi connectivity index (χ1n) is 5.94. The molecule has 0 aromatic carbocycles. The second kappa shape index (κ2) is 5.15. The van der Waals surface area contributed by atoms with Crippen LogP contribution in [-0.4, -0.2) is 12.9 Å². The summed E-state index contributed by atoms with van der Waals surface area (Å²) < 4.78 is 5.11. The number of carbonyl (C=O) groups is 1. The summed E-state index contributed by atoms with van der Waals surface area (Å²) in [5, 5.41) is 0. The molecule has 2 nitrogen and oxygen atoms in total. The number of ether oxygens (including phenoxy) is 1. The third kappa shape index (κ3) is 2.43. The van der Waals surface area contributed by atoms with Gasteiger partial charge in [-0.2, -0.15) is 0 Å². The van der Waals surface area contributed by atoms with Gasteiger partial charge in [0.15, 0.2) is 0 Å². The van der Waals surface area contributed by atoms with Gasteiger partial charge >= 0.3 is 0 Å². The van der Waals surface area contributed by atoms with Crippen molar-refractivity contribution in [2.75, 3.05) is 7.11 Å². The fourth-order valence-corrected chi connectivity index (χ4v) is 2.29. The molecule has 0 fully saturated rings. The van der Waals surface area contributed by atoms with Crippen LogP contribution in [0.2, 0.25) is 0 Å². The molecule has 0 aromatic rings. The van der Waals surface area contributed by atoms with Crippen LogP contribution in [0, 0.1) is 11.8 Å². The first-order valence-corrected chi connectivity index (χ1v) is 5.94. The lowest BCUT2D eigenvalue weighted by molar-refractivity contribution is -0.124. The molecule has 86 valence electrons. The Morgan fingerprint density at radius 1 is 1.38 bits per heavy atom. The molecule has 0 heterocycles. The van der Waals surface area contributed by atoms with Crippen molar-refractivity contribution in [3.05, 3.63) is 36.1 Å². The van der Waals surface area contributed by atoms with Crippen LogP contribution in [-0.2, 0) is 9.53 Å². The van der Waals surface area contributed by atoms with E-state index in [1.54, 1.807) is 7.11 Å². The normalized spacial score (nSPS) is 28.7. The Labute approximate surface area is 96.7 Å². The van der Waals surface area contributed by atoms with Crippen molar-refractivity contribution >= 4 is 5.78 Å². The Balaban J connectivity index is 1.97. The number of hydrogen-bond acceptors (Lipinski definition) is 2. The average Bonchev–Trinajstić information content (AvgIpc) is 2.39. The third-order valence-corrected chi connectivity index (χ3v) is 3.29. The molecule has 0 N–H and O–H groups in total. The maximum atomic E-state index is 12.2. The Kier molecular flexibility index (Phi) is 3.60. The predicted octanol–water partition coefficient (Wildman–Crippen LogP) is 3.02. The van der Waals surface area contributed by atoms with Crippen LogP contribution in [0.1, 0.15) is 25.7 Å². The quantitative estimate of drug-likeness (QED) is 0.681. The van der Waals surface area contributed by atoms with Gasteiger partial charge in [-0.1, -0.05) is 18.2 Å². The highest BCUT2D eigenvalue weighted by molar-refractivity contribution is 5.87. The van der Waals surface area contributed by atoms with E-state index in [0.717, 1.165) is 31.4 Å². The predicted molar refractivity (Wildman–Crippen MR) is 63.8 cm³/mol. The highest BCUT2D eigenvalue weighted by Crippen LogP contribution is 2.26. The summed E-state index contributed by atoms with van der Waals surface area (Å²) in [5.41, 5.74) is 0. The van der Waals surface area contributed by atoms with Crippen LogP contribution < -0.4 is 0 Å². The zero-order valence-corrected chi connectivity index (χ0v) is 9.69. The van der Waals surface area contributed by atoms with Gasteiger partial charge in [0.1, 0.15) is 11.5 Å². The van der Waals surface area contributed by atoms with Crippen molar-refractivity contribution in [1.29, 1.82) is 0 Å². The molecule has 2 aliphatic rings. The van der Waals surface area contributed by atoms with E-state index >= 15 is 0 Å². The summed E-state index contributed by atoms with van der Waals surface area (Å²) >= 11 is 0. The monoisotopic (exact) mass is 218 g/mol. The topological polar surface area (TPSA) is 26.3 Å². The van der Waals surface area contributed by atoms with E-state index in [0.29, 0.717) is 5.78 Å². The molecule has 0 aliphatic heterocycles. The van der Waals surface area contributed by atoms with Gasteiger partial charge < -0.3 is 4.74 Å². The van der Waals surface area contributed by atoms with E-state index in [2.05, 4.69) is 12.2 Å². The lowest BCUT2D eigenvalue weighted by Crippen LogP contribution is -2.23. The lowest BCUT2D eigenvalue weighted by atomic mass is 9.83. The Morgan fingerprint density at radius 2 is 2.25 bits per heavy atom. The molecule has 0 spiro atoms. The minimum atomic E-state index is 0.0478. The number of hydrogen-bond donors (Lipinski definition) is 0. The number of carbonyl (C=O) groups excluding carboxylic acids is 1. The number of allylic oxidation sites excluding steroid dienone is 5. The van der Waals surface area contributed by atoms with Crippen LogP contribution >= 0.6 is 0 Å². The van der Waals surface area contributed by atoms with Crippen molar-refractivity contribution in [2.45, 2.75) is 25.7 Å². The number of methoxy groups -OCH3 is 1. The molecule has 2 aliphatic carbocycles. The van der Waals surface area contributed by atoms with Crippen molar-refractivity contribution in [3.8, 4) is 0 Å². The maximum Gasteiger partial charge on any atom is 0.146 e. The van der Waals surface area contributed by atoms with Gasteiger partial charge in [-0.3, -0.25) is 4.79 Å². The van der Waals surface area contributed by atoms with E-state index in [1.807, 2.05) is 18.2 Å². The number of ketones is 1. The van der Waals surface area contributed by atoms with Crippen LogP contribution in [0.25, 0.3) is 0 Å². The summed E-state index contributed by atoms with van der Waals surface area (Å²) in [4.78, 5) is 12.2. The fourth-order valence-electron chi connectivity index (χ4n) is 2.29. The van der Waals surface area contributed by atoms with Gasteiger partial charge in [0.05, 0.1) is 7.11 Å². The van der Waals surface area contributed by atoms with E-state index in [4.69, 9.17) is 4.74 Å². The van der Waals surface area contributed by atoms with Gasteiger partial charge in [0.25, 0.3) is 0 Å². The molecule has 0 radical (unpaired) electrons. The third-order valence-electron chi connectivity index (χ3n) is 3.29. The average molecular weight is 218 g/mol. The molecule has 0 amide bonds. The maximum absolute atomic E-state index is 12.2. The summed E-state index contributed by atoms with van der Waals surface area (Å²) in [6, 6.07) is 0. The van der Waals surface area contributed by atoms with Gasteiger partial charge in [0, 0.05) is 11.8 Å². The molecule has 0 saturated carbocycles. The molecule has 0 saturated heterocycles. The van der Waals surface area contributed by atoms with E-state index in [-0.39, 0.29) is 11.8 Å². The zero-order valence-electron chi connectivity index (χ0n) is 9.69. The first-order chi connectivity index (χ1) is 7.81. The second-order valence-corrected chi connectivity index (χ2v) is 4.38. The molecule has 0 bridgehead atoms. The summed E-state index contributed by atoms with van der Waals surface area (Å²) in [6.07, 6.45) is 14.1. The van der Waals surface area contributed by atoms with Crippen molar-refractivity contribution in [1.82, 2.24) is 0 Å². The summed E-state index contributed by atoms with van der Waals surface area (Å²) in [6.45, 7) is 0. The number of Topliss-reactive ketones (excluding diaryl/α,β-unsaturated/α-hetero) is 1. The largest absolute Gasteiger partial charge is 0.497 e. The molecular weight excluding hydrogens is 200 g/mol. The van der Waals surface area contributed by atoms with Crippen molar-refractivity contribution in [3.63, 3.8) is 0 Å². The molecule has 16 heavy (non-hydrogen) atoms. The minimum absolute atomic E-state index is 0.0478. The van der Waals surface area contributed by atoms with E-state index < -0.39 is 0 Å². The van der Waals surface area contributed by atoms with Gasteiger partial charge in [-0.15, -0.1) is 0 Å². The van der Waals surface area contributed by atoms with Gasteiger partial charge in [-0.05, 0) is 37.8 Å². The molecular formula is C14H18O2. The van der Waals surface area contributed by atoms with Gasteiger partial charge in [-0.25, -0.2) is 0 Å². The van der Waals surface area contributed by atoms with E-state index in [1.165, 1.54) is 0 Å². The SMILES string of the molecule is COC1=CCC(C(=O)C2C=CCCC2)C=C1. The highest BCUT2D eigenvalue weighted by Gasteiger charge is 2.24. The first kappa shape index (κ1) is 11.2. The van der Waals surface area contributed by atoms with Crippen LogP contribution in [0.5, 0.6) is 0 Å². The van der Waals surface area contributed by atoms with Crippen LogP contribution in [0.4, 0.5) is 0 Å². The summed E-state index contributed by atoms with van der Waals surface area (Å²) in [7, 11) is 1.65. The second-order valence-electron chi connectivity index (χ2n) is 4.38. The molecule has 2 rings (SSSR count). The molecule has 2 heteroatoms. The molecule has 2 atom stereocenters. The Bertz CT molecular complexity index is 350. The lowest BCUT2D eigenvalue weighted by Gasteiger charge is -2.21. The molecule has 2 unspecified atom stereocenters. The smallest absolute Gasteiger partial charge is 0.146 e. The van der Waals surface area contributed by atoms with Crippen molar-refractivity contribution < 1.29 is 9.53 Å². The zero-order chi connectivity index (χ0) is 11.4. The number of rotatable bonds is 3. The summed E-state index contributed by atoms with van der Waals surface area (Å²) in [5.74, 6) is 1.41. The minimum Gasteiger partial charge on any atom is -0.497 e. The van der Waals surface area contributed by atoms with Gasteiger partial charge in [0.2, 0.25) is 0 Å². The van der Waals surface area contributed by atoms with Crippen molar-refractivity contribution in [2.24, 2.45) is 11.8 Å². The Hall–Kier alpha value is -1.31. The van der Waals surface area contributed by atoms with Crippen LogP contribution in [0.3, 0.4) is 0 Å². The fraction of sp³-hybridized carbons (Fsp3) is 0.500. The standard InChI is InChI=1S/C14H18O2/c1-16-13-9-7-12(8-10-13)14(15)11-5-3-2-4-6-11/h3,5,7,9-12H,2,4,6,8H2,1H3. The Morgan fingerprint density at radius 3 is 2.81 bits per heavy atom. The van der Waals surface area contributed by atoms with E-state index in [9.17, 15) is 4.79 Å². The highest BCUT2D eigenvalue weighted by atomic mass is 16.5.